The van der Waals surface area contributed by atoms with Crippen LogP contribution < -0.4 is 5.73 Å². The second kappa shape index (κ2) is 4.38. The molecule has 0 aromatic carbocycles. The van der Waals surface area contributed by atoms with Gasteiger partial charge in [0.2, 0.25) is 0 Å². The van der Waals surface area contributed by atoms with Crippen LogP contribution in [0.5, 0.6) is 0 Å². The van der Waals surface area contributed by atoms with Gasteiger partial charge in [-0.1, -0.05) is 20.8 Å². The van der Waals surface area contributed by atoms with Gasteiger partial charge in [0.25, 0.3) is 0 Å². The number of carbonyl (C=O) groups excluding carboxylic acids is 1. The summed E-state index contributed by atoms with van der Waals surface area (Å²) in [5.41, 5.74) is 4.33. The lowest BCUT2D eigenvalue weighted by Gasteiger charge is -2.52. The quantitative estimate of drug-likeness (QED) is 0.744. The molecule has 18 heavy (non-hydrogen) atoms. The fourth-order valence-electron chi connectivity index (χ4n) is 2.07. The highest BCUT2D eigenvalue weighted by molar-refractivity contribution is 5.69. The molecule has 5 nitrogen and oxygen atoms in total. The molecular weight excluding hydrogens is 232 g/mol. The summed E-state index contributed by atoms with van der Waals surface area (Å²) in [5.74, 6) is 0. The third-order valence-corrected chi connectivity index (χ3v) is 3.09. The molecule has 1 rings (SSSR count). The fraction of sp³-hybridized carbons (Fsp3) is 0.923. The van der Waals surface area contributed by atoms with Crippen LogP contribution in [0.25, 0.3) is 0 Å². The average molecular weight is 258 g/mol. The lowest BCUT2D eigenvalue weighted by atomic mass is 9.73. The first-order chi connectivity index (χ1) is 7.85. The first kappa shape index (κ1) is 15.2. The molecule has 0 spiro atoms. The van der Waals surface area contributed by atoms with Gasteiger partial charge in [0.1, 0.15) is 11.2 Å². The van der Waals surface area contributed by atoms with Crippen molar-refractivity contribution in [2.75, 3.05) is 13.1 Å². The molecule has 1 amide bonds. The van der Waals surface area contributed by atoms with E-state index in [-0.39, 0.29) is 24.5 Å². The molecule has 1 unspecified atom stereocenters. The molecule has 1 fully saturated rings. The van der Waals surface area contributed by atoms with E-state index in [9.17, 15) is 9.90 Å². The summed E-state index contributed by atoms with van der Waals surface area (Å²) in [7, 11) is 0. The number of hydrogen-bond donors (Lipinski definition) is 2. The summed E-state index contributed by atoms with van der Waals surface area (Å²) in [5, 5.41) is 10.4. The highest BCUT2D eigenvalue weighted by Gasteiger charge is 2.52. The van der Waals surface area contributed by atoms with Crippen LogP contribution in [0, 0.1) is 5.41 Å². The summed E-state index contributed by atoms with van der Waals surface area (Å²) in [6.45, 7) is 11.9. The number of β-amino-alcohol motifs (C(OH)–C–C–N with tert-alkyl or cyclic N) is 1. The maximum absolute atomic E-state index is 11.8. The molecule has 1 saturated heterocycles. The number of hydrogen-bond acceptors (Lipinski definition) is 4. The molecule has 0 bridgehead atoms. The largest absolute Gasteiger partial charge is 0.444 e. The van der Waals surface area contributed by atoms with Gasteiger partial charge in [-0.15, -0.1) is 0 Å². The number of nitrogens with two attached hydrogens (primary N) is 1. The Morgan fingerprint density at radius 1 is 1.28 bits per heavy atom. The van der Waals surface area contributed by atoms with E-state index in [0.29, 0.717) is 0 Å². The van der Waals surface area contributed by atoms with Gasteiger partial charge in [-0.2, -0.15) is 0 Å². The maximum atomic E-state index is 11.8. The molecule has 1 aliphatic rings. The van der Waals surface area contributed by atoms with Crippen molar-refractivity contribution < 1.29 is 14.6 Å². The Balaban J connectivity index is 2.55. The fourth-order valence-corrected chi connectivity index (χ4v) is 2.07. The van der Waals surface area contributed by atoms with E-state index < -0.39 is 17.3 Å². The van der Waals surface area contributed by atoms with Gasteiger partial charge in [-0.25, -0.2) is 4.79 Å². The third kappa shape index (κ3) is 3.36. The number of rotatable bonds is 1. The molecule has 0 saturated carbocycles. The van der Waals surface area contributed by atoms with Crippen molar-refractivity contribution in [1.29, 1.82) is 0 Å². The van der Waals surface area contributed by atoms with Crippen LogP contribution in [-0.2, 0) is 4.74 Å². The molecule has 106 valence electrons. The Bertz CT molecular complexity index is 322. The lowest BCUT2D eigenvalue weighted by molar-refractivity contribution is -0.128. The predicted molar refractivity (Wildman–Crippen MR) is 70.2 cm³/mol. The molecular formula is C13H26N2O3. The molecule has 0 aromatic rings. The Labute approximate surface area is 109 Å². The molecule has 0 aromatic heterocycles. The van der Waals surface area contributed by atoms with E-state index in [1.54, 1.807) is 0 Å². The summed E-state index contributed by atoms with van der Waals surface area (Å²) in [6.07, 6.45) is -0.395. The van der Waals surface area contributed by atoms with Gasteiger partial charge in [-0.05, 0) is 26.2 Å². The molecule has 5 heteroatoms. The monoisotopic (exact) mass is 258 g/mol. The second-order valence-electron chi connectivity index (χ2n) is 7.28. The van der Waals surface area contributed by atoms with Gasteiger partial charge in [0, 0.05) is 6.04 Å². The number of amides is 1. The zero-order valence-electron chi connectivity index (χ0n) is 12.3. The Kier molecular flexibility index (Phi) is 3.71. The van der Waals surface area contributed by atoms with Crippen molar-refractivity contribution in [1.82, 2.24) is 4.90 Å². The van der Waals surface area contributed by atoms with Gasteiger partial charge in [0.15, 0.2) is 0 Å². The van der Waals surface area contributed by atoms with Gasteiger partial charge in [-0.3, -0.25) is 0 Å². The van der Waals surface area contributed by atoms with Gasteiger partial charge < -0.3 is 20.5 Å². The lowest BCUT2D eigenvalue weighted by Crippen LogP contribution is -2.73. The highest BCUT2D eigenvalue weighted by atomic mass is 16.6. The SMILES string of the molecule is CC(C)(C)OC(=O)N1CC(O)(C(N)C(C)(C)C)C1. The normalized spacial score (nSPS) is 21.2. The minimum Gasteiger partial charge on any atom is -0.444 e. The van der Waals surface area contributed by atoms with Crippen LogP contribution in [0.1, 0.15) is 41.5 Å². The van der Waals surface area contributed by atoms with Crippen molar-refractivity contribution in [3.63, 3.8) is 0 Å². The zero-order chi connectivity index (χ0) is 14.4. The van der Waals surface area contributed by atoms with Crippen molar-refractivity contribution in [2.24, 2.45) is 11.1 Å². The standard InChI is InChI=1S/C13H26N2O3/c1-11(2,3)9(14)13(17)7-15(8-13)10(16)18-12(4,5)6/h9,17H,7-8,14H2,1-6H3. The predicted octanol–water partition coefficient (Wildman–Crippen LogP) is 1.34. The summed E-state index contributed by atoms with van der Waals surface area (Å²) in [6, 6.07) is -0.372. The minimum absolute atomic E-state index is 0.200. The van der Waals surface area contributed by atoms with Crippen LogP contribution >= 0.6 is 0 Å². The van der Waals surface area contributed by atoms with Crippen molar-refractivity contribution in [3.05, 3.63) is 0 Å². The summed E-state index contributed by atoms with van der Waals surface area (Å²) in [4.78, 5) is 13.2. The molecule has 1 atom stereocenters. The van der Waals surface area contributed by atoms with Crippen LogP contribution in [0.3, 0.4) is 0 Å². The average Bonchev–Trinajstić information content (AvgIpc) is 2.07. The third-order valence-electron chi connectivity index (χ3n) is 3.09. The van der Waals surface area contributed by atoms with Crippen molar-refractivity contribution in [2.45, 2.75) is 58.8 Å². The number of ether oxygens (including phenoxy) is 1. The topological polar surface area (TPSA) is 75.8 Å². The van der Waals surface area contributed by atoms with Crippen molar-refractivity contribution >= 4 is 6.09 Å². The van der Waals surface area contributed by atoms with E-state index in [1.807, 2.05) is 41.5 Å². The molecule has 0 aliphatic carbocycles. The molecule has 1 heterocycles. The van der Waals surface area contributed by atoms with Gasteiger partial charge in [0.05, 0.1) is 13.1 Å². The molecule has 3 N–H and O–H groups in total. The highest BCUT2D eigenvalue weighted by Crippen LogP contribution is 2.33. The van der Waals surface area contributed by atoms with Crippen LogP contribution in [0.15, 0.2) is 0 Å². The molecule has 1 aliphatic heterocycles. The second-order valence-corrected chi connectivity index (χ2v) is 7.28. The van der Waals surface area contributed by atoms with Gasteiger partial charge >= 0.3 is 6.09 Å². The first-order valence-electron chi connectivity index (χ1n) is 6.31. The Morgan fingerprint density at radius 2 is 1.72 bits per heavy atom. The Hall–Kier alpha value is -0.810. The number of carbonyl (C=O) groups is 1. The van der Waals surface area contributed by atoms with Crippen molar-refractivity contribution in [3.8, 4) is 0 Å². The van der Waals surface area contributed by atoms with E-state index in [1.165, 1.54) is 4.90 Å². The van der Waals surface area contributed by atoms with E-state index in [4.69, 9.17) is 10.5 Å². The zero-order valence-corrected chi connectivity index (χ0v) is 12.3. The Morgan fingerprint density at radius 3 is 2.06 bits per heavy atom. The van der Waals surface area contributed by atoms with E-state index in [2.05, 4.69) is 0 Å². The number of aliphatic hydroxyl groups is 1. The maximum Gasteiger partial charge on any atom is 0.410 e. The van der Waals surface area contributed by atoms with Crippen LogP contribution in [-0.4, -0.2) is 46.4 Å². The summed E-state index contributed by atoms with van der Waals surface area (Å²) < 4.78 is 5.24. The number of likely N-dealkylation sites (tertiary alicyclic amines) is 1. The smallest absolute Gasteiger partial charge is 0.410 e. The minimum atomic E-state index is -1.00. The van der Waals surface area contributed by atoms with E-state index >= 15 is 0 Å². The van der Waals surface area contributed by atoms with Crippen LogP contribution in [0.2, 0.25) is 0 Å². The van der Waals surface area contributed by atoms with Crippen LogP contribution in [0.4, 0.5) is 4.79 Å². The van der Waals surface area contributed by atoms with E-state index in [0.717, 1.165) is 0 Å². The summed E-state index contributed by atoms with van der Waals surface area (Å²) >= 11 is 0. The molecule has 0 radical (unpaired) electrons. The first-order valence-corrected chi connectivity index (χ1v) is 6.31. The number of nitrogens with zero attached hydrogens (tertiary/aromatic N) is 1.